The van der Waals surface area contributed by atoms with Crippen LogP contribution in [0, 0.1) is 6.92 Å². The number of rotatable bonds is 8. The average molecular weight is 545 g/mol. The molecule has 0 bridgehead atoms. The first-order valence-corrected chi connectivity index (χ1v) is 13.3. The largest absolute Gasteiger partial charge is 0.507 e. The van der Waals surface area contributed by atoms with Gasteiger partial charge >= 0.3 is 5.91 Å². The van der Waals surface area contributed by atoms with Crippen molar-refractivity contribution in [1.82, 2.24) is 4.98 Å². The monoisotopic (exact) mass is 544 g/mol. The van der Waals surface area contributed by atoms with Gasteiger partial charge in [-0.25, -0.2) is 4.98 Å². The van der Waals surface area contributed by atoms with E-state index in [1.807, 2.05) is 32.0 Å². The number of ether oxygens (including phenoxy) is 3. The van der Waals surface area contributed by atoms with E-state index in [-0.39, 0.29) is 11.3 Å². The molecule has 5 rings (SSSR count). The molecule has 0 spiro atoms. The van der Waals surface area contributed by atoms with Crippen LogP contribution in [0.15, 0.2) is 66.2 Å². The smallest absolute Gasteiger partial charge is 0.301 e. The molecule has 1 atom stereocenters. The third-order valence-corrected chi connectivity index (χ3v) is 7.57. The Morgan fingerprint density at radius 1 is 1.03 bits per heavy atom. The molecule has 1 aliphatic heterocycles. The van der Waals surface area contributed by atoms with Gasteiger partial charge in [0.1, 0.15) is 23.0 Å². The summed E-state index contributed by atoms with van der Waals surface area (Å²) in [4.78, 5) is 33.2. The molecule has 0 aliphatic carbocycles. The number of amides is 1. The second kappa shape index (κ2) is 10.8. The minimum atomic E-state index is -0.917. The van der Waals surface area contributed by atoms with Crippen molar-refractivity contribution in [3.8, 4) is 17.2 Å². The second-order valence-electron chi connectivity index (χ2n) is 9.10. The number of fused-ring (bicyclic) bond motifs is 1. The van der Waals surface area contributed by atoms with Crippen LogP contribution in [-0.2, 0) is 9.59 Å². The zero-order valence-corrected chi connectivity index (χ0v) is 22.9. The van der Waals surface area contributed by atoms with Gasteiger partial charge in [0.2, 0.25) is 0 Å². The molecule has 1 N–H and O–H groups in total. The third-order valence-electron chi connectivity index (χ3n) is 6.55. The highest BCUT2D eigenvalue weighted by Crippen LogP contribution is 2.45. The zero-order valence-electron chi connectivity index (χ0n) is 22.1. The van der Waals surface area contributed by atoms with Gasteiger partial charge in [-0.3, -0.25) is 14.5 Å². The van der Waals surface area contributed by atoms with Crippen molar-refractivity contribution in [2.75, 3.05) is 25.7 Å². The van der Waals surface area contributed by atoms with Crippen LogP contribution in [0.1, 0.15) is 36.1 Å². The van der Waals surface area contributed by atoms with Crippen molar-refractivity contribution in [2.24, 2.45) is 0 Å². The first-order valence-electron chi connectivity index (χ1n) is 12.5. The number of aryl methyl sites for hydroxylation is 1. The fraction of sp³-hybridized carbons (Fsp3) is 0.233. The predicted molar refractivity (Wildman–Crippen MR) is 151 cm³/mol. The van der Waals surface area contributed by atoms with Crippen LogP contribution in [0.3, 0.4) is 0 Å². The van der Waals surface area contributed by atoms with Crippen molar-refractivity contribution < 1.29 is 28.9 Å². The molecule has 8 nitrogen and oxygen atoms in total. The van der Waals surface area contributed by atoms with Gasteiger partial charge in [-0.1, -0.05) is 30.4 Å². The van der Waals surface area contributed by atoms with E-state index in [9.17, 15) is 14.7 Å². The number of aromatic nitrogens is 1. The SMILES string of the molecule is CCCOc1cccc([C@H]2C(=C(O)c3ccc(OC)c(C)c3)C(=O)C(=O)N2c2nc3ccc(OC)cc3s2)c1. The number of carbonyl (C=O) groups excluding carboxylic acids is 2. The van der Waals surface area contributed by atoms with E-state index in [0.29, 0.717) is 45.6 Å². The first kappa shape index (κ1) is 26.2. The molecule has 3 aromatic carbocycles. The van der Waals surface area contributed by atoms with Gasteiger partial charge in [-0.2, -0.15) is 0 Å². The number of aliphatic hydroxyl groups excluding tert-OH is 1. The number of ketones is 1. The van der Waals surface area contributed by atoms with E-state index < -0.39 is 17.7 Å². The molecule has 0 radical (unpaired) electrons. The molecule has 0 saturated carbocycles. The van der Waals surface area contributed by atoms with Gasteiger partial charge < -0.3 is 19.3 Å². The third kappa shape index (κ3) is 4.81. The van der Waals surface area contributed by atoms with Gasteiger partial charge in [0.05, 0.1) is 42.7 Å². The summed E-state index contributed by atoms with van der Waals surface area (Å²) in [5.74, 6) is 0.0880. The Labute approximate surface area is 230 Å². The van der Waals surface area contributed by atoms with Crippen molar-refractivity contribution in [1.29, 1.82) is 0 Å². The van der Waals surface area contributed by atoms with E-state index in [1.165, 1.54) is 16.2 Å². The molecule has 1 aliphatic rings. The number of aliphatic hydroxyl groups is 1. The molecule has 1 saturated heterocycles. The lowest BCUT2D eigenvalue weighted by Gasteiger charge is -2.23. The Morgan fingerprint density at radius 2 is 1.85 bits per heavy atom. The number of methoxy groups -OCH3 is 2. The summed E-state index contributed by atoms with van der Waals surface area (Å²) < 4.78 is 17.3. The predicted octanol–water partition coefficient (Wildman–Crippen LogP) is 6.04. The van der Waals surface area contributed by atoms with Crippen molar-refractivity contribution in [3.05, 3.63) is 82.9 Å². The summed E-state index contributed by atoms with van der Waals surface area (Å²) in [5, 5.41) is 11.8. The van der Waals surface area contributed by atoms with Crippen LogP contribution in [0.2, 0.25) is 0 Å². The molecule has 4 aromatic rings. The Kier molecular flexibility index (Phi) is 7.26. The Hall–Kier alpha value is -4.37. The normalized spacial score (nSPS) is 16.6. The number of carbonyl (C=O) groups is 2. The van der Waals surface area contributed by atoms with Crippen LogP contribution < -0.4 is 19.1 Å². The van der Waals surface area contributed by atoms with Crippen molar-refractivity contribution in [3.63, 3.8) is 0 Å². The summed E-state index contributed by atoms with van der Waals surface area (Å²) in [6.45, 7) is 4.38. The maximum absolute atomic E-state index is 13.6. The minimum absolute atomic E-state index is 0.0194. The van der Waals surface area contributed by atoms with Crippen LogP contribution in [0.5, 0.6) is 17.2 Å². The van der Waals surface area contributed by atoms with Crippen molar-refractivity contribution in [2.45, 2.75) is 26.3 Å². The molecule has 1 aromatic heterocycles. The highest BCUT2D eigenvalue weighted by molar-refractivity contribution is 7.22. The fourth-order valence-corrected chi connectivity index (χ4v) is 5.66. The van der Waals surface area contributed by atoms with Crippen LogP contribution in [0.25, 0.3) is 16.0 Å². The summed E-state index contributed by atoms with van der Waals surface area (Å²) >= 11 is 1.27. The van der Waals surface area contributed by atoms with Gasteiger partial charge in [0, 0.05) is 5.56 Å². The number of anilines is 1. The van der Waals surface area contributed by atoms with E-state index >= 15 is 0 Å². The molecular weight excluding hydrogens is 516 g/mol. The summed E-state index contributed by atoms with van der Waals surface area (Å²) in [5.41, 5.74) is 2.45. The van der Waals surface area contributed by atoms with E-state index in [4.69, 9.17) is 14.2 Å². The fourth-order valence-electron chi connectivity index (χ4n) is 4.64. The van der Waals surface area contributed by atoms with E-state index in [0.717, 1.165) is 16.7 Å². The molecule has 39 heavy (non-hydrogen) atoms. The quantitative estimate of drug-likeness (QED) is 0.164. The standard InChI is InChI=1S/C30H28N2O6S/c1-5-13-38-21-8-6-7-18(15-21)26-25(27(33)19-9-12-23(37-4)17(2)14-19)28(34)29(35)32(26)30-31-22-11-10-20(36-3)16-24(22)39-30/h6-12,14-16,26,33H,5,13H2,1-4H3/t26-/m0/s1. The van der Waals surface area contributed by atoms with Gasteiger partial charge in [-0.15, -0.1) is 0 Å². The number of nitrogens with zero attached hydrogens (tertiary/aromatic N) is 2. The lowest BCUT2D eigenvalue weighted by molar-refractivity contribution is -0.132. The molecule has 1 fully saturated rings. The lowest BCUT2D eigenvalue weighted by Crippen LogP contribution is -2.29. The summed E-state index contributed by atoms with van der Waals surface area (Å²) in [7, 11) is 3.14. The van der Waals surface area contributed by atoms with Crippen LogP contribution in [-0.4, -0.2) is 42.6 Å². The van der Waals surface area contributed by atoms with Gasteiger partial charge in [0.15, 0.2) is 5.13 Å². The maximum Gasteiger partial charge on any atom is 0.301 e. The lowest BCUT2D eigenvalue weighted by atomic mass is 9.94. The average Bonchev–Trinajstić information content (AvgIpc) is 3.48. The highest BCUT2D eigenvalue weighted by atomic mass is 32.1. The minimum Gasteiger partial charge on any atom is -0.507 e. The van der Waals surface area contributed by atoms with E-state index in [2.05, 4.69) is 4.98 Å². The Balaban J connectivity index is 1.70. The molecule has 1 amide bonds. The molecule has 2 heterocycles. The first-order chi connectivity index (χ1) is 18.9. The summed E-state index contributed by atoms with van der Waals surface area (Å²) in [6.07, 6.45) is 0.828. The molecule has 0 unspecified atom stereocenters. The molecule has 9 heteroatoms. The topological polar surface area (TPSA) is 98.2 Å². The number of hydrogen-bond acceptors (Lipinski definition) is 8. The second-order valence-corrected chi connectivity index (χ2v) is 10.1. The van der Waals surface area contributed by atoms with Crippen LogP contribution >= 0.6 is 11.3 Å². The van der Waals surface area contributed by atoms with Gasteiger partial charge in [0.25, 0.3) is 5.78 Å². The van der Waals surface area contributed by atoms with Crippen molar-refractivity contribution >= 4 is 44.1 Å². The number of Topliss-reactive ketones (excluding diaryl/α,β-unsaturated/α-hetero) is 1. The van der Waals surface area contributed by atoms with E-state index in [1.54, 1.807) is 56.7 Å². The summed E-state index contributed by atoms with van der Waals surface area (Å²) in [6, 6.07) is 16.9. The molecule has 200 valence electrons. The number of thiazole rings is 1. The highest BCUT2D eigenvalue weighted by Gasteiger charge is 2.48. The number of hydrogen-bond donors (Lipinski definition) is 1. The maximum atomic E-state index is 13.6. The zero-order chi connectivity index (χ0) is 27.7. The number of benzene rings is 3. The van der Waals surface area contributed by atoms with Crippen LogP contribution in [0.4, 0.5) is 5.13 Å². The van der Waals surface area contributed by atoms with Gasteiger partial charge in [-0.05, 0) is 73.0 Å². The Bertz CT molecular complexity index is 1610. The molecular formula is C30H28N2O6S. The Morgan fingerprint density at radius 3 is 2.56 bits per heavy atom.